The van der Waals surface area contributed by atoms with Crippen LogP contribution in [0.3, 0.4) is 0 Å². The fraction of sp³-hybridized carbons (Fsp3) is 0.733. The van der Waals surface area contributed by atoms with Gasteiger partial charge in [-0.05, 0) is 18.3 Å². The molecule has 19 heavy (non-hydrogen) atoms. The van der Waals surface area contributed by atoms with Crippen molar-refractivity contribution in [2.75, 3.05) is 6.54 Å². The minimum absolute atomic E-state index is 0.0175. The lowest BCUT2D eigenvalue weighted by molar-refractivity contribution is -0.153. The van der Waals surface area contributed by atoms with Gasteiger partial charge in [0.1, 0.15) is 12.1 Å². The maximum atomic E-state index is 12.6. The molecule has 4 heteroatoms. The smallest absolute Gasteiger partial charge is 0.246 e. The number of nitrogens with one attached hydrogen (secondary N) is 1. The quantitative estimate of drug-likeness (QED) is 0.794. The van der Waals surface area contributed by atoms with E-state index in [2.05, 4.69) is 5.32 Å². The van der Waals surface area contributed by atoms with E-state index in [1.165, 1.54) is 0 Å². The Morgan fingerprint density at radius 2 is 1.89 bits per heavy atom. The normalized spacial score (nSPS) is 25.3. The molecule has 1 aliphatic heterocycles. The Morgan fingerprint density at radius 1 is 1.32 bits per heavy atom. The number of amides is 2. The van der Waals surface area contributed by atoms with Crippen molar-refractivity contribution < 1.29 is 9.59 Å². The number of rotatable bonds is 3. The highest BCUT2D eigenvalue weighted by Crippen LogP contribution is 2.27. The molecule has 1 N–H and O–H groups in total. The topological polar surface area (TPSA) is 49.4 Å². The van der Waals surface area contributed by atoms with Gasteiger partial charge in [-0.15, -0.1) is 0 Å². The van der Waals surface area contributed by atoms with Crippen molar-refractivity contribution in [3.8, 4) is 0 Å². The molecular formula is C15H26N2O2. The van der Waals surface area contributed by atoms with Gasteiger partial charge in [-0.3, -0.25) is 9.59 Å². The number of hydrogen-bond acceptors (Lipinski definition) is 2. The summed E-state index contributed by atoms with van der Waals surface area (Å²) in [5.41, 5.74) is -0.275. The maximum absolute atomic E-state index is 12.6. The van der Waals surface area contributed by atoms with E-state index in [0.29, 0.717) is 6.54 Å². The molecule has 2 amide bonds. The summed E-state index contributed by atoms with van der Waals surface area (Å²) < 4.78 is 0. The molecule has 0 aromatic heterocycles. The van der Waals surface area contributed by atoms with Crippen LogP contribution in [-0.4, -0.2) is 35.3 Å². The van der Waals surface area contributed by atoms with E-state index in [-0.39, 0.29) is 29.2 Å². The zero-order valence-corrected chi connectivity index (χ0v) is 12.9. The van der Waals surface area contributed by atoms with Gasteiger partial charge in [-0.1, -0.05) is 46.8 Å². The molecule has 0 spiro atoms. The van der Waals surface area contributed by atoms with E-state index >= 15 is 0 Å². The second-order valence-electron chi connectivity index (χ2n) is 6.56. The molecule has 0 aromatic rings. The molecule has 108 valence electrons. The highest BCUT2D eigenvalue weighted by atomic mass is 16.2. The lowest BCUT2D eigenvalue weighted by Gasteiger charge is -2.44. The van der Waals surface area contributed by atoms with Crippen molar-refractivity contribution in [2.45, 2.75) is 53.6 Å². The van der Waals surface area contributed by atoms with E-state index in [1.54, 1.807) is 4.90 Å². The summed E-state index contributed by atoms with van der Waals surface area (Å²) in [6.45, 7) is 12.3. The van der Waals surface area contributed by atoms with Crippen LogP contribution in [0.5, 0.6) is 0 Å². The fourth-order valence-electron chi connectivity index (χ4n) is 2.41. The van der Waals surface area contributed by atoms with E-state index in [0.717, 1.165) is 0 Å². The zero-order chi connectivity index (χ0) is 14.8. The van der Waals surface area contributed by atoms with Gasteiger partial charge in [0.2, 0.25) is 11.8 Å². The summed E-state index contributed by atoms with van der Waals surface area (Å²) >= 11 is 0. The minimum atomic E-state index is -0.444. The molecule has 0 bridgehead atoms. The summed E-state index contributed by atoms with van der Waals surface area (Å²) in [7, 11) is 0. The van der Waals surface area contributed by atoms with Gasteiger partial charge in [0.05, 0.1) is 0 Å². The third-order valence-corrected chi connectivity index (χ3v) is 3.46. The summed E-state index contributed by atoms with van der Waals surface area (Å²) in [6, 6.07) is -0.817. The average Bonchev–Trinajstić information content (AvgIpc) is 2.27. The second-order valence-corrected chi connectivity index (χ2v) is 6.56. The van der Waals surface area contributed by atoms with E-state index in [1.807, 2.05) is 53.7 Å². The van der Waals surface area contributed by atoms with Gasteiger partial charge in [0, 0.05) is 6.54 Å². The molecule has 1 aliphatic rings. The van der Waals surface area contributed by atoms with Gasteiger partial charge in [0.25, 0.3) is 0 Å². The van der Waals surface area contributed by atoms with Crippen LogP contribution in [0.25, 0.3) is 0 Å². The molecule has 1 rings (SSSR count). The fourth-order valence-corrected chi connectivity index (χ4v) is 2.41. The highest BCUT2D eigenvalue weighted by molar-refractivity contribution is 5.97. The van der Waals surface area contributed by atoms with Crippen molar-refractivity contribution in [3.05, 3.63) is 12.2 Å². The molecule has 2 atom stereocenters. The third-order valence-electron chi connectivity index (χ3n) is 3.46. The Hall–Kier alpha value is -1.32. The molecular weight excluding hydrogens is 240 g/mol. The van der Waals surface area contributed by atoms with Crippen LogP contribution in [0.15, 0.2) is 12.2 Å². The lowest BCUT2D eigenvalue weighted by atomic mass is 9.82. The number of piperazine rings is 1. The van der Waals surface area contributed by atoms with Gasteiger partial charge in [-0.25, -0.2) is 0 Å². The molecule has 0 aliphatic carbocycles. The van der Waals surface area contributed by atoms with Crippen molar-refractivity contribution in [1.82, 2.24) is 10.2 Å². The first-order valence-electron chi connectivity index (χ1n) is 6.92. The number of allylic oxidation sites excluding steroid dienone is 1. The number of hydrogen-bond donors (Lipinski definition) is 1. The Balaban J connectivity index is 3.08. The van der Waals surface area contributed by atoms with Crippen molar-refractivity contribution >= 4 is 11.8 Å². The molecule has 0 saturated carbocycles. The molecule has 0 aromatic carbocycles. The predicted molar refractivity (Wildman–Crippen MR) is 76.5 cm³/mol. The van der Waals surface area contributed by atoms with Crippen LogP contribution in [0.1, 0.15) is 41.5 Å². The van der Waals surface area contributed by atoms with Crippen LogP contribution in [0.4, 0.5) is 0 Å². The molecule has 0 radical (unpaired) electrons. The molecule has 1 heterocycles. The maximum Gasteiger partial charge on any atom is 0.246 e. The predicted octanol–water partition coefficient (Wildman–Crippen LogP) is 1.96. The monoisotopic (exact) mass is 266 g/mol. The highest BCUT2D eigenvalue weighted by Gasteiger charge is 2.45. The minimum Gasteiger partial charge on any atom is -0.342 e. The standard InChI is InChI=1S/C15H26N2O2/c1-7-8-9-17-11(10(2)3)13(18)16-12(14(17)19)15(4,5)6/h7-8,10-12H,9H2,1-6H3,(H,16,18)/b8-7+. The van der Waals surface area contributed by atoms with Gasteiger partial charge in [0.15, 0.2) is 0 Å². The zero-order valence-electron chi connectivity index (χ0n) is 12.9. The Bertz CT molecular complexity index is 380. The van der Waals surface area contributed by atoms with E-state index in [4.69, 9.17) is 0 Å². The largest absolute Gasteiger partial charge is 0.342 e. The van der Waals surface area contributed by atoms with Gasteiger partial charge >= 0.3 is 0 Å². The van der Waals surface area contributed by atoms with E-state index in [9.17, 15) is 9.59 Å². The van der Waals surface area contributed by atoms with Crippen molar-refractivity contribution in [1.29, 1.82) is 0 Å². The summed E-state index contributed by atoms with van der Waals surface area (Å²) in [4.78, 5) is 26.6. The molecule has 2 unspecified atom stereocenters. The molecule has 4 nitrogen and oxygen atoms in total. The first-order valence-corrected chi connectivity index (χ1v) is 6.92. The number of carbonyl (C=O) groups excluding carboxylic acids is 2. The van der Waals surface area contributed by atoms with Crippen LogP contribution >= 0.6 is 0 Å². The molecule has 1 fully saturated rings. The van der Waals surface area contributed by atoms with Crippen LogP contribution in [-0.2, 0) is 9.59 Å². The third kappa shape index (κ3) is 3.37. The van der Waals surface area contributed by atoms with Crippen LogP contribution in [0, 0.1) is 11.3 Å². The van der Waals surface area contributed by atoms with Gasteiger partial charge < -0.3 is 10.2 Å². The average molecular weight is 266 g/mol. The summed E-state index contributed by atoms with van der Waals surface area (Å²) in [5, 5.41) is 2.89. The second kappa shape index (κ2) is 5.76. The number of nitrogens with zero attached hydrogens (tertiary/aromatic N) is 1. The Kier molecular flexibility index (Phi) is 4.77. The van der Waals surface area contributed by atoms with Crippen LogP contribution < -0.4 is 5.32 Å². The van der Waals surface area contributed by atoms with Crippen molar-refractivity contribution in [2.24, 2.45) is 11.3 Å². The van der Waals surface area contributed by atoms with Gasteiger partial charge in [-0.2, -0.15) is 0 Å². The first-order chi connectivity index (χ1) is 8.70. The van der Waals surface area contributed by atoms with Crippen LogP contribution in [0.2, 0.25) is 0 Å². The Morgan fingerprint density at radius 3 is 2.32 bits per heavy atom. The Labute approximate surface area is 116 Å². The first kappa shape index (κ1) is 15.7. The van der Waals surface area contributed by atoms with E-state index < -0.39 is 6.04 Å². The lowest BCUT2D eigenvalue weighted by Crippen LogP contribution is -2.67. The summed E-state index contributed by atoms with van der Waals surface area (Å²) in [5.74, 6) is 0.0815. The SMILES string of the molecule is C/C=C/CN1C(=O)C(C(C)(C)C)NC(=O)C1C(C)C. The van der Waals surface area contributed by atoms with Crippen molar-refractivity contribution in [3.63, 3.8) is 0 Å². The summed E-state index contributed by atoms with van der Waals surface area (Å²) in [6.07, 6.45) is 3.83. The number of carbonyl (C=O) groups is 2. The molecule has 1 saturated heterocycles.